The van der Waals surface area contributed by atoms with Crippen molar-refractivity contribution in [1.82, 2.24) is 5.32 Å². The largest absolute Gasteiger partial charge is 0.326 e. The van der Waals surface area contributed by atoms with E-state index < -0.39 is 10.0 Å². The van der Waals surface area contributed by atoms with E-state index in [9.17, 15) is 13.2 Å². The number of hydrogen-bond acceptors (Lipinski definition) is 4. The smallest absolute Gasteiger partial charge is 0.232 e. The standard InChI is InChI=1S/C17H27N3O3S/c1-3-24(22,23)20-16-6-5-15(12-13(16)2)19-17(21)7-4-14-8-10-18-11-9-14/h5-6,12,14,18,20H,3-4,7-11H2,1-2H3,(H,19,21). The van der Waals surface area contributed by atoms with Crippen LogP contribution in [0.25, 0.3) is 0 Å². The molecule has 6 nitrogen and oxygen atoms in total. The molecular formula is C17H27N3O3S. The topological polar surface area (TPSA) is 87.3 Å². The van der Waals surface area contributed by atoms with Gasteiger partial charge < -0.3 is 10.6 Å². The molecule has 1 fully saturated rings. The average Bonchev–Trinajstić information content (AvgIpc) is 2.56. The van der Waals surface area contributed by atoms with Gasteiger partial charge in [0.25, 0.3) is 0 Å². The van der Waals surface area contributed by atoms with Gasteiger partial charge in [-0.05, 0) is 75.9 Å². The summed E-state index contributed by atoms with van der Waals surface area (Å²) in [6.07, 6.45) is 3.71. The lowest BCUT2D eigenvalue weighted by atomic mass is 9.93. The lowest BCUT2D eigenvalue weighted by molar-refractivity contribution is -0.116. The third kappa shape index (κ3) is 5.79. The maximum atomic E-state index is 12.1. The number of aryl methyl sites for hydroxylation is 1. The van der Waals surface area contributed by atoms with Crippen molar-refractivity contribution in [2.45, 2.75) is 39.5 Å². The summed E-state index contributed by atoms with van der Waals surface area (Å²) in [6, 6.07) is 5.20. The molecule has 134 valence electrons. The molecule has 0 aromatic heterocycles. The highest BCUT2D eigenvalue weighted by molar-refractivity contribution is 7.92. The number of amides is 1. The number of rotatable bonds is 7. The second-order valence-corrected chi connectivity index (χ2v) is 8.33. The lowest BCUT2D eigenvalue weighted by Crippen LogP contribution is -2.28. The first kappa shape index (κ1) is 18.7. The van der Waals surface area contributed by atoms with E-state index in [-0.39, 0.29) is 11.7 Å². The fraction of sp³-hybridized carbons (Fsp3) is 0.588. The van der Waals surface area contributed by atoms with E-state index in [1.165, 1.54) is 0 Å². The summed E-state index contributed by atoms with van der Waals surface area (Å²) in [7, 11) is -3.29. The maximum absolute atomic E-state index is 12.1. The van der Waals surface area contributed by atoms with Crippen molar-refractivity contribution in [3.05, 3.63) is 23.8 Å². The molecule has 1 aliphatic rings. The van der Waals surface area contributed by atoms with Gasteiger partial charge in [0.05, 0.1) is 11.4 Å². The number of carbonyl (C=O) groups is 1. The SMILES string of the molecule is CCS(=O)(=O)Nc1ccc(NC(=O)CCC2CCNCC2)cc1C. The Bertz CT molecular complexity index is 668. The molecule has 0 spiro atoms. The van der Waals surface area contributed by atoms with E-state index in [1.807, 2.05) is 6.92 Å². The summed E-state index contributed by atoms with van der Waals surface area (Å²) in [5.41, 5.74) is 2.02. The predicted molar refractivity (Wildman–Crippen MR) is 97.7 cm³/mol. The first-order chi connectivity index (χ1) is 11.4. The number of anilines is 2. The summed E-state index contributed by atoms with van der Waals surface area (Å²) in [5, 5.41) is 6.22. The van der Waals surface area contributed by atoms with Crippen LogP contribution in [0.5, 0.6) is 0 Å². The van der Waals surface area contributed by atoms with Crippen LogP contribution in [-0.2, 0) is 14.8 Å². The summed E-state index contributed by atoms with van der Waals surface area (Å²) in [4.78, 5) is 12.1. The number of sulfonamides is 1. The molecule has 0 unspecified atom stereocenters. The van der Waals surface area contributed by atoms with Gasteiger partial charge in [-0.1, -0.05) is 0 Å². The van der Waals surface area contributed by atoms with Gasteiger partial charge in [0, 0.05) is 12.1 Å². The molecule has 24 heavy (non-hydrogen) atoms. The van der Waals surface area contributed by atoms with E-state index in [0.717, 1.165) is 37.9 Å². The van der Waals surface area contributed by atoms with Gasteiger partial charge in [0.2, 0.25) is 15.9 Å². The number of benzene rings is 1. The molecule has 1 aromatic carbocycles. The van der Waals surface area contributed by atoms with E-state index in [2.05, 4.69) is 15.4 Å². The van der Waals surface area contributed by atoms with Crippen molar-refractivity contribution in [2.75, 3.05) is 28.9 Å². The summed E-state index contributed by atoms with van der Waals surface area (Å²) in [5.74, 6) is 0.668. The molecule has 1 saturated heterocycles. The van der Waals surface area contributed by atoms with Crippen molar-refractivity contribution < 1.29 is 13.2 Å². The van der Waals surface area contributed by atoms with Crippen LogP contribution in [0, 0.1) is 12.8 Å². The Balaban J connectivity index is 1.88. The van der Waals surface area contributed by atoms with E-state index in [0.29, 0.717) is 23.7 Å². The summed E-state index contributed by atoms with van der Waals surface area (Å²) in [6.45, 7) is 5.49. The highest BCUT2D eigenvalue weighted by atomic mass is 32.2. The molecule has 3 N–H and O–H groups in total. The van der Waals surface area contributed by atoms with Crippen LogP contribution in [0.15, 0.2) is 18.2 Å². The molecule has 1 heterocycles. The maximum Gasteiger partial charge on any atom is 0.232 e. The number of carbonyl (C=O) groups excluding carboxylic acids is 1. The number of nitrogens with one attached hydrogen (secondary N) is 3. The Hall–Kier alpha value is -1.60. The second-order valence-electron chi connectivity index (χ2n) is 6.32. The van der Waals surface area contributed by atoms with Crippen LogP contribution in [0.4, 0.5) is 11.4 Å². The second kappa shape index (κ2) is 8.48. The zero-order valence-electron chi connectivity index (χ0n) is 14.4. The van der Waals surface area contributed by atoms with Crippen LogP contribution >= 0.6 is 0 Å². The number of piperidine rings is 1. The molecule has 2 rings (SSSR count). The zero-order valence-corrected chi connectivity index (χ0v) is 15.2. The van der Waals surface area contributed by atoms with Gasteiger partial charge in [-0.3, -0.25) is 9.52 Å². The highest BCUT2D eigenvalue weighted by Crippen LogP contribution is 2.22. The van der Waals surface area contributed by atoms with Crippen LogP contribution in [-0.4, -0.2) is 33.2 Å². The van der Waals surface area contributed by atoms with Crippen molar-refractivity contribution in [2.24, 2.45) is 5.92 Å². The number of hydrogen-bond donors (Lipinski definition) is 3. The van der Waals surface area contributed by atoms with E-state index in [4.69, 9.17) is 0 Å². The van der Waals surface area contributed by atoms with Crippen LogP contribution in [0.1, 0.15) is 38.2 Å². The Kier molecular flexibility index (Phi) is 6.62. The quantitative estimate of drug-likeness (QED) is 0.703. The monoisotopic (exact) mass is 353 g/mol. The van der Waals surface area contributed by atoms with Crippen molar-refractivity contribution in [1.29, 1.82) is 0 Å². The van der Waals surface area contributed by atoms with E-state index >= 15 is 0 Å². The van der Waals surface area contributed by atoms with Gasteiger partial charge >= 0.3 is 0 Å². The van der Waals surface area contributed by atoms with Crippen LogP contribution in [0.2, 0.25) is 0 Å². The molecule has 1 amide bonds. The normalized spacial score (nSPS) is 15.9. The molecule has 7 heteroatoms. The molecule has 0 atom stereocenters. The Labute approximate surface area is 144 Å². The van der Waals surface area contributed by atoms with Crippen LogP contribution < -0.4 is 15.4 Å². The van der Waals surface area contributed by atoms with Crippen molar-refractivity contribution in [3.8, 4) is 0 Å². The van der Waals surface area contributed by atoms with E-state index in [1.54, 1.807) is 25.1 Å². The lowest BCUT2D eigenvalue weighted by Gasteiger charge is -2.22. The first-order valence-corrected chi connectivity index (χ1v) is 10.2. The Morgan fingerprint density at radius 3 is 2.62 bits per heavy atom. The van der Waals surface area contributed by atoms with Crippen molar-refractivity contribution >= 4 is 27.3 Å². The van der Waals surface area contributed by atoms with Crippen molar-refractivity contribution in [3.63, 3.8) is 0 Å². The summed E-state index contributed by atoms with van der Waals surface area (Å²) >= 11 is 0. The highest BCUT2D eigenvalue weighted by Gasteiger charge is 2.15. The molecular weight excluding hydrogens is 326 g/mol. The molecule has 0 saturated carbocycles. The molecule has 0 bridgehead atoms. The summed E-state index contributed by atoms with van der Waals surface area (Å²) < 4.78 is 25.8. The first-order valence-electron chi connectivity index (χ1n) is 8.51. The fourth-order valence-corrected chi connectivity index (χ4v) is 3.53. The van der Waals surface area contributed by atoms with Gasteiger partial charge in [-0.25, -0.2) is 8.42 Å². The minimum Gasteiger partial charge on any atom is -0.326 e. The minimum atomic E-state index is -3.29. The third-order valence-corrected chi connectivity index (χ3v) is 5.69. The Morgan fingerprint density at radius 1 is 1.29 bits per heavy atom. The van der Waals surface area contributed by atoms with Gasteiger partial charge in [-0.2, -0.15) is 0 Å². The fourth-order valence-electron chi connectivity index (χ4n) is 2.82. The van der Waals surface area contributed by atoms with Gasteiger partial charge in [-0.15, -0.1) is 0 Å². The molecule has 0 radical (unpaired) electrons. The van der Waals surface area contributed by atoms with Crippen LogP contribution in [0.3, 0.4) is 0 Å². The zero-order chi connectivity index (χ0) is 17.6. The third-order valence-electron chi connectivity index (χ3n) is 4.39. The van der Waals surface area contributed by atoms with Gasteiger partial charge in [0.15, 0.2) is 0 Å². The Morgan fingerprint density at radius 2 is 2.00 bits per heavy atom. The molecule has 1 aliphatic heterocycles. The molecule has 1 aromatic rings. The predicted octanol–water partition coefficient (Wildman–Crippen LogP) is 2.47. The minimum absolute atomic E-state index is 0.00909. The average molecular weight is 353 g/mol. The molecule has 0 aliphatic carbocycles. The van der Waals surface area contributed by atoms with Gasteiger partial charge in [0.1, 0.15) is 0 Å².